The van der Waals surface area contributed by atoms with Crippen molar-refractivity contribution >= 4 is 0 Å². The minimum Gasteiger partial charge on any atom is -0.390 e. The maximum absolute atomic E-state index is 10.2. The molecule has 0 spiro atoms. The van der Waals surface area contributed by atoms with Gasteiger partial charge in [-0.15, -0.1) is 0 Å². The fourth-order valence-electron chi connectivity index (χ4n) is 2.08. The van der Waals surface area contributed by atoms with E-state index in [1.165, 1.54) is 0 Å². The van der Waals surface area contributed by atoms with Gasteiger partial charge in [-0.2, -0.15) is 0 Å². The van der Waals surface area contributed by atoms with Crippen molar-refractivity contribution in [2.24, 2.45) is 0 Å². The lowest BCUT2D eigenvalue weighted by Crippen LogP contribution is -2.44. The third kappa shape index (κ3) is 3.56. The Hall–Kier alpha value is -0.120. The van der Waals surface area contributed by atoms with Gasteiger partial charge >= 0.3 is 0 Å². The van der Waals surface area contributed by atoms with Gasteiger partial charge in [-0.25, -0.2) is 0 Å². The van der Waals surface area contributed by atoms with E-state index < -0.39 is 5.60 Å². The molecule has 0 saturated carbocycles. The second-order valence-electron chi connectivity index (χ2n) is 4.25. The molecular weight excluding hydrogens is 178 g/mol. The van der Waals surface area contributed by atoms with Crippen LogP contribution in [0.2, 0.25) is 0 Å². The summed E-state index contributed by atoms with van der Waals surface area (Å²) in [5.41, 5.74) is -0.412. The van der Waals surface area contributed by atoms with Crippen molar-refractivity contribution in [1.82, 2.24) is 4.90 Å². The van der Waals surface area contributed by atoms with Crippen LogP contribution in [0.25, 0.3) is 0 Å². The molecule has 1 fully saturated rings. The zero-order valence-corrected chi connectivity index (χ0v) is 9.46. The zero-order chi connectivity index (χ0) is 10.4. The molecule has 0 aromatic carbocycles. The first kappa shape index (κ1) is 12.0. The number of rotatable bonds is 5. The van der Waals surface area contributed by atoms with Crippen LogP contribution in [0.4, 0.5) is 0 Å². The second kappa shape index (κ2) is 5.69. The van der Waals surface area contributed by atoms with Crippen molar-refractivity contribution in [2.75, 3.05) is 33.4 Å². The molecule has 0 aliphatic carbocycles. The van der Waals surface area contributed by atoms with Gasteiger partial charge in [-0.05, 0) is 32.2 Å². The molecule has 0 atom stereocenters. The van der Waals surface area contributed by atoms with E-state index in [1.54, 1.807) is 7.11 Å². The summed E-state index contributed by atoms with van der Waals surface area (Å²) in [6.07, 6.45) is 3.70. The van der Waals surface area contributed by atoms with Crippen molar-refractivity contribution in [3.63, 3.8) is 0 Å². The zero-order valence-electron chi connectivity index (χ0n) is 9.46. The Morgan fingerprint density at radius 1 is 1.36 bits per heavy atom. The van der Waals surface area contributed by atoms with Gasteiger partial charge in [-0.3, -0.25) is 0 Å². The maximum Gasteiger partial charge on any atom is 0.0673 e. The molecule has 84 valence electrons. The smallest absolute Gasteiger partial charge is 0.0673 e. The maximum atomic E-state index is 10.2. The largest absolute Gasteiger partial charge is 0.390 e. The van der Waals surface area contributed by atoms with Crippen LogP contribution in [0.3, 0.4) is 0 Å². The van der Waals surface area contributed by atoms with Crippen LogP contribution < -0.4 is 0 Å². The van der Waals surface area contributed by atoms with Gasteiger partial charge < -0.3 is 14.7 Å². The van der Waals surface area contributed by atoms with Crippen molar-refractivity contribution in [1.29, 1.82) is 0 Å². The van der Waals surface area contributed by atoms with Crippen LogP contribution in [0.1, 0.15) is 32.6 Å². The van der Waals surface area contributed by atoms with Crippen LogP contribution in [0, 0.1) is 0 Å². The van der Waals surface area contributed by atoms with E-state index in [0.717, 1.165) is 51.9 Å². The summed E-state index contributed by atoms with van der Waals surface area (Å²) in [7, 11) is 1.71. The molecule has 1 aliphatic rings. The molecule has 1 heterocycles. The summed E-state index contributed by atoms with van der Waals surface area (Å²) in [5, 5.41) is 10.2. The second-order valence-corrected chi connectivity index (χ2v) is 4.25. The Morgan fingerprint density at radius 3 is 2.50 bits per heavy atom. The molecule has 1 aliphatic heterocycles. The number of methoxy groups -OCH3 is 1. The van der Waals surface area contributed by atoms with Gasteiger partial charge in [-0.1, -0.05) is 6.92 Å². The summed E-state index contributed by atoms with van der Waals surface area (Å²) in [6, 6.07) is 0. The van der Waals surface area contributed by atoms with E-state index in [4.69, 9.17) is 4.74 Å². The minimum absolute atomic E-state index is 0.412. The third-order valence-corrected chi connectivity index (χ3v) is 3.22. The van der Waals surface area contributed by atoms with Gasteiger partial charge in [0.25, 0.3) is 0 Å². The van der Waals surface area contributed by atoms with Crippen LogP contribution in [0.5, 0.6) is 0 Å². The Morgan fingerprint density at radius 2 is 2.00 bits per heavy atom. The van der Waals surface area contributed by atoms with Crippen molar-refractivity contribution in [3.8, 4) is 0 Å². The minimum atomic E-state index is -0.412. The fraction of sp³-hybridized carbons (Fsp3) is 1.00. The molecule has 0 aromatic heterocycles. The Kier molecular flexibility index (Phi) is 4.85. The van der Waals surface area contributed by atoms with E-state index in [9.17, 15) is 5.11 Å². The average Bonchev–Trinajstić information content (AvgIpc) is 2.19. The standard InChI is InChI=1S/C11H23NO2/c1-3-12-8-6-11(13,7-9-12)5-4-10-14-2/h13H,3-10H2,1-2H3. The number of aliphatic hydroxyl groups is 1. The number of hydrogen-bond donors (Lipinski definition) is 1. The van der Waals surface area contributed by atoms with E-state index in [0.29, 0.717) is 0 Å². The van der Waals surface area contributed by atoms with E-state index >= 15 is 0 Å². The Balaban J connectivity index is 2.23. The summed E-state index contributed by atoms with van der Waals surface area (Å²) in [5.74, 6) is 0. The lowest BCUT2D eigenvalue weighted by Gasteiger charge is -2.37. The third-order valence-electron chi connectivity index (χ3n) is 3.22. The molecule has 1 rings (SSSR count). The lowest BCUT2D eigenvalue weighted by molar-refractivity contribution is -0.0314. The van der Waals surface area contributed by atoms with Crippen molar-refractivity contribution < 1.29 is 9.84 Å². The summed E-state index contributed by atoms with van der Waals surface area (Å²) in [6.45, 7) is 6.13. The van der Waals surface area contributed by atoms with Crippen LogP contribution >= 0.6 is 0 Å². The predicted molar refractivity (Wildman–Crippen MR) is 57.4 cm³/mol. The van der Waals surface area contributed by atoms with Gasteiger partial charge in [0.05, 0.1) is 5.60 Å². The molecule has 3 heteroatoms. The highest BCUT2D eigenvalue weighted by Crippen LogP contribution is 2.26. The van der Waals surface area contributed by atoms with E-state index in [-0.39, 0.29) is 0 Å². The van der Waals surface area contributed by atoms with Gasteiger partial charge in [0.1, 0.15) is 0 Å². The molecule has 3 nitrogen and oxygen atoms in total. The number of nitrogens with zero attached hydrogens (tertiary/aromatic N) is 1. The molecule has 0 unspecified atom stereocenters. The van der Waals surface area contributed by atoms with Gasteiger partial charge in [0, 0.05) is 26.8 Å². The Labute approximate surface area is 87.1 Å². The molecule has 0 bridgehead atoms. The summed E-state index contributed by atoms with van der Waals surface area (Å²) in [4.78, 5) is 2.39. The molecule has 14 heavy (non-hydrogen) atoms. The summed E-state index contributed by atoms with van der Waals surface area (Å²) < 4.78 is 5.00. The quantitative estimate of drug-likeness (QED) is 0.680. The first-order chi connectivity index (χ1) is 6.70. The molecule has 0 aromatic rings. The highest BCUT2D eigenvalue weighted by atomic mass is 16.5. The molecule has 1 saturated heterocycles. The van der Waals surface area contributed by atoms with Crippen LogP contribution in [-0.2, 0) is 4.74 Å². The number of likely N-dealkylation sites (tertiary alicyclic amines) is 1. The number of hydrogen-bond acceptors (Lipinski definition) is 3. The SMILES string of the molecule is CCN1CCC(O)(CCCOC)CC1. The predicted octanol–water partition coefficient (Wildman–Crippen LogP) is 1.26. The van der Waals surface area contributed by atoms with Crippen molar-refractivity contribution in [2.45, 2.75) is 38.2 Å². The molecule has 1 N–H and O–H groups in total. The highest BCUT2D eigenvalue weighted by Gasteiger charge is 2.30. The van der Waals surface area contributed by atoms with Crippen molar-refractivity contribution in [3.05, 3.63) is 0 Å². The average molecular weight is 201 g/mol. The van der Waals surface area contributed by atoms with Gasteiger partial charge in [0.2, 0.25) is 0 Å². The first-order valence-corrected chi connectivity index (χ1v) is 5.64. The fourth-order valence-corrected chi connectivity index (χ4v) is 2.08. The monoisotopic (exact) mass is 201 g/mol. The highest BCUT2D eigenvalue weighted by molar-refractivity contribution is 4.85. The molecule has 0 radical (unpaired) electrons. The summed E-state index contributed by atoms with van der Waals surface area (Å²) >= 11 is 0. The first-order valence-electron chi connectivity index (χ1n) is 5.64. The topological polar surface area (TPSA) is 32.7 Å². The molecule has 0 amide bonds. The van der Waals surface area contributed by atoms with Gasteiger partial charge in [0.15, 0.2) is 0 Å². The lowest BCUT2D eigenvalue weighted by atomic mass is 9.87. The Bertz CT molecular complexity index is 148. The number of piperidine rings is 1. The van der Waals surface area contributed by atoms with Crippen LogP contribution in [-0.4, -0.2) is 49.0 Å². The van der Waals surface area contributed by atoms with Crippen LogP contribution in [0.15, 0.2) is 0 Å². The van der Waals surface area contributed by atoms with E-state index in [2.05, 4.69) is 11.8 Å². The normalized spacial score (nSPS) is 22.5. The molecular formula is C11H23NO2. The van der Waals surface area contributed by atoms with E-state index in [1.807, 2.05) is 0 Å². The number of ether oxygens (including phenoxy) is 1.